The van der Waals surface area contributed by atoms with E-state index in [1.165, 1.54) is 0 Å². The summed E-state index contributed by atoms with van der Waals surface area (Å²) in [6.07, 6.45) is -4.83. The highest BCUT2D eigenvalue weighted by Gasteiger charge is 2.39. The fraction of sp³-hybridized carbons (Fsp3) is 0.364. The number of aromatic nitrogens is 2. The summed E-state index contributed by atoms with van der Waals surface area (Å²) < 4.78 is 59.3. The van der Waals surface area contributed by atoms with Gasteiger partial charge in [-0.3, -0.25) is 0 Å². The van der Waals surface area contributed by atoms with Gasteiger partial charge in [-0.1, -0.05) is 6.07 Å². The van der Waals surface area contributed by atoms with Crippen LogP contribution in [0.2, 0.25) is 0 Å². The number of fused-ring (bicyclic) bond motifs is 3. The molecule has 11 heteroatoms. The molecule has 1 aromatic heterocycles. The van der Waals surface area contributed by atoms with Gasteiger partial charge in [-0.25, -0.2) is 4.39 Å². The van der Waals surface area contributed by atoms with Gasteiger partial charge in [0, 0.05) is 23.0 Å². The molecule has 0 amide bonds. The summed E-state index contributed by atoms with van der Waals surface area (Å²) in [4.78, 5) is 2.28. The standard InChI is InChI=1S/C22H22F4N6O/c1-10-15-3-2-12(32-8-14-6-13(32)9-33-14)7-16(15)21(31-30-10)29-20(28)11-4-17(22(24,25)26)19(23)18(27)5-11/h2-5,7,13-14,20H,6,8-9,27-28H2,1H3,(H,29,31)/t13-,14-,20+/m1/s1. The Hall–Kier alpha value is -3.18. The molecule has 0 unspecified atom stereocenters. The van der Waals surface area contributed by atoms with Crippen molar-refractivity contribution in [1.29, 1.82) is 0 Å². The van der Waals surface area contributed by atoms with Gasteiger partial charge < -0.3 is 26.4 Å². The van der Waals surface area contributed by atoms with Gasteiger partial charge in [0.2, 0.25) is 0 Å². The molecule has 33 heavy (non-hydrogen) atoms. The molecule has 2 saturated heterocycles. The van der Waals surface area contributed by atoms with Crippen LogP contribution in [0.1, 0.15) is 29.4 Å². The van der Waals surface area contributed by atoms with E-state index in [-0.39, 0.29) is 11.7 Å². The summed E-state index contributed by atoms with van der Waals surface area (Å²) in [5.74, 6) is -1.21. The van der Waals surface area contributed by atoms with Crippen molar-refractivity contribution in [2.45, 2.75) is 37.8 Å². The Bertz CT molecular complexity index is 1230. The minimum Gasteiger partial charge on any atom is -0.396 e. The van der Waals surface area contributed by atoms with Crippen LogP contribution in [0.25, 0.3) is 10.8 Å². The van der Waals surface area contributed by atoms with Crippen molar-refractivity contribution in [2.75, 3.05) is 29.1 Å². The van der Waals surface area contributed by atoms with Crippen molar-refractivity contribution in [1.82, 2.24) is 10.2 Å². The highest BCUT2D eigenvalue weighted by atomic mass is 19.4. The predicted molar refractivity (Wildman–Crippen MR) is 116 cm³/mol. The lowest BCUT2D eigenvalue weighted by Crippen LogP contribution is -2.36. The minimum atomic E-state index is -4.90. The smallest absolute Gasteiger partial charge is 0.396 e. The number of aryl methyl sites for hydroxylation is 1. The highest BCUT2D eigenvalue weighted by molar-refractivity contribution is 5.95. The number of ether oxygens (including phenoxy) is 1. The lowest BCUT2D eigenvalue weighted by molar-refractivity contribution is -0.139. The Morgan fingerprint density at radius 1 is 1.18 bits per heavy atom. The molecule has 5 N–H and O–H groups in total. The molecule has 3 aromatic rings. The summed E-state index contributed by atoms with van der Waals surface area (Å²) in [6, 6.07) is 7.96. The van der Waals surface area contributed by atoms with Crippen molar-refractivity contribution in [2.24, 2.45) is 5.73 Å². The van der Waals surface area contributed by atoms with Crippen LogP contribution in [0.15, 0.2) is 30.3 Å². The Balaban J connectivity index is 1.50. The van der Waals surface area contributed by atoms with E-state index >= 15 is 0 Å². The predicted octanol–water partition coefficient (Wildman–Crippen LogP) is 3.73. The molecule has 2 fully saturated rings. The van der Waals surface area contributed by atoms with E-state index in [2.05, 4.69) is 20.4 Å². The molecule has 174 valence electrons. The number of nitrogen functional groups attached to an aromatic ring is 1. The zero-order valence-corrected chi connectivity index (χ0v) is 17.7. The SMILES string of the molecule is Cc1nnc(N[C@H](N)c2cc(N)c(F)c(C(F)(F)F)c2)c2cc(N3C[C@H]4C[C@@H]3CO4)ccc12. The summed E-state index contributed by atoms with van der Waals surface area (Å²) in [7, 11) is 0. The first kappa shape index (κ1) is 21.7. The maximum atomic E-state index is 13.9. The van der Waals surface area contributed by atoms with E-state index in [0.29, 0.717) is 30.2 Å². The van der Waals surface area contributed by atoms with E-state index in [0.717, 1.165) is 35.5 Å². The van der Waals surface area contributed by atoms with Gasteiger partial charge in [-0.05, 0) is 43.2 Å². The average molecular weight is 462 g/mol. The van der Waals surface area contributed by atoms with E-state index in [4.69, 9.17) is 16.2 Å². The van der Waals surface area contributed by atoms with Gasteiger partial charge >= 0.3 is 6.18 Å². The molecule has 5 rings (SSSR count). The van der Waals surface area contributed by atoms with Gasteiger partial charge in [-0.15, -0.1) is 5.10 Å². The fourth-order valence-corrected chi connectivity index (χ4v) is 4.56. The minimum absolute atomic E-state index is 0.0260. The quantitative estimate of drug-likeness (QED) is 0.309. The number of hydrogen-bond acceptors (Lipinski definition) is 7. The van der Waals surface area contributed by atoms with Crippen LogP contribution >= 0.6 is 0 Å². The van der Waals surface area contributed by atoms with Crippen molar-refractivity contribution < 1.29 is 22.3 Å². The molecule has 0 radical (unpaired) electrons. The van der Waals surface area contributed by atoms with Crippen LogP contribution in [0, 0.1) is 12.7 Å². The fourth-order valence-electron chi connectivity index (χ4n) is 4.56. The number of nitrogens with zero attached hydrogens (tertiary/aromatic N) is 3. The lowest BCUT2D eigenvalue weighted by atomic mass is 10.1. The van der Waals surface area contributed by atoms with Crippen LogP contribution < -0.4 is 21.7 Å². The Morgan fingerprint density at radius 3 is 2.64 bits per heavy atom. The molecule has 3 atom stereocenters. The number of hydrogen-bond donors (Lipinski definition) is 3. The highest BCUT2D eigenvalue weighted by Crippen LogP contribution is 2.37. The number of nitrogens with two attached hydrogens (primary N) is 2. The zero-order valence-electron chi connectivity index (χ0n) is 17.7. The number of morpholine rings is 1. The molecule has 0 aliphatic carbocycles. The largest absolute Gasteiger partial charge is 0.419 e. The third-order valence-electron chi connectivity index (χ3n) is 6.26. The van der Waals surface area contributed by atoms with Crippen molar-refractivity contribution in [3.8, 4) is 0 Å². The number of benzene rings is 2. The number of alkyl halides is 3. The second-order valence-corrected chi connectivity index (χ2v) is 8.45. The summed E-state index contributed by atoms with van der Waals surface area (Å²) >= 11 is 0. The zero-order chi connectivity index (χ0) is 23.5. The van der Waals surface area contributed by atoms with E-state index < -0.39 is 29.4 Å². The summed E-state index contributed by atoms with van der Waals surface area (Å²) in [5.41, 5.74) is 11.2. The molecule has 2 aliphatic rings. The average Bonchev–Trinajstić information content (AvgIpc) is 3.40. The van der Waals surface area contributed by atoms with Crippen molar-refractivity contribution in [3.05, 3.63) is 53.0 Å². The Labute approximate surface area is 186 Å². The normalized spacial score (nSPS) is 21.1. The van der Waals surface area contributed by atoms with Gasteiger partial charge in [0.05, 0.1) is 35.7 Å². The first-order valence-electron chi connectivity index (χ1n) is 10.5. The molecule has 2 aliphatic heterocycles. The van der Waals surface area contributed by atoms with E-state index in [9.17, 15) is 17.6 Å². The molecule has 0 spiro atoms. The van der Waals surface area contributed by atoms with Crippen LogP contribution in [0.5, 0.6) is 0 Å². The first-order valence-corrected chi connectivity index (χ1v) is 10.5. The van der Waals surface area contributed by atoms with E-state index in [1.54, 1.807) is 0 Å². The lowest BCUT2D eigenvalue weighted by Gasteiger charge is -2.29. The topological polar surface area (TPSA) is 102 Å². The van der Waals surface area contributed by atoms with Crippen LogP contribution in [-0.2, 0) is 10.9 Å². The summed E-state index contributed by atoms with van der Waals surface area (Å²) in [6.45, 7) is 3.30. The molecule has 3 heterocycles. The molecular weight excluding hydrogens is 440 g/mol. The van der Waals surface area contributed by atoms with Crippen molar-refractivity contribution >= 4 is 28.0 Å². The van der Waals surface area contributed by atoms with Crippen molar-refractivity contribution in [3.63, 3.8) is 0 Å². The molecule has 2 bridgehead atoms. The first-order chi connectivity index (χ1) is 15.6. The number of nitrogens with one attached hydrogen (secondary N) is 1. The van der Waals surface area contributed by atoms with Gasteiger partial charge in [0.15, 0.2) is 11.6 Å². The molecular formula is C22H22F4N6O. The Morgan fingerprint density at radius 2 is 1.97 bits per heavy atom. The van der Waals surface area contributed by atoms with Gasteiger partial charge in [-0.2, -0.15) is 18.3 Å². The number of rotatable bonds is 4. The summed E-state index contributed by atoms with van der Waals surface area (Å²) in [5, 5.41) is 12.8. The Kier molecular flexibility index (Phi) is 5.05. The van der Waals surface area contributed by atoms with Crippen LogP contribution in [-0.4, -0.2) is 35.5 Å². The maximum absolute atomic E-state index is 13.9. The molecule has 0 saturated carbocycles. The third-order valence-corrected chi connectivity index (χ3v) is 6.26. The van der Waals surface area contributed by atoms with E-state index in [1.807, 2.05) is 25.1 Å². The molecule has 7 nitrogen and oxygen atoms in total. The number of halogens is 4. The molecule has 2 aromatic carbocycles. The second kappa shape index (κ2) is 7.70. The second-order valence-electron chi connectivity index (χ2n) is 8.45. The van der Waals surface area contributed by atoms with Gasteiger partial charge in [0.25, 0.3) is 0 Å². The van der Waals surface area contributed by atoms with Crippen LogP contribution in [0.4, 0.5) is 34.8 Å². The third kappa shape index (κ3) is 3.80. The van der Waals surface area contributed by atoms with Crippen LogP contribution in [0.3, 0.4) is 0 Å². The monoisotopic (exact) mass is 462 g/mol. The maximum Gasteiger partial charge on any atom is 0.419 e. The number of anilines is 3. The van der Waals surface area contributed by atoms with Gasteiger partial charge in [0.1, 0.15) is 6.17 Å².